The molecule has 166 valence electrons. The molecule has 3 atom stereocenters. The fourth-order valence-electron chi connectivity index (χ4n) is 5.40. The lowest BCUT2D eigenvalue weighted by Crippen LogP contribution is -2.61. The number of likely N-dealkylation sites (tertiary alicyclic amines) is 1. The van der Waals surface area contributed by atoms with Crippen LogP contribution in [0.15, 0.2) is 0 Å². The van der Waals surface area contributed by atoms with Crippen LogP contribution in [0.25, 0.3) is 0 Å². The number of piperidine rings is 1. The number of carbonyl (C=O) groups excluding carboxylic acids is 2. The number of hydrogen-bond donors (Lipinski definition) is 3. The number of aromatic amines is 1. The topological polar surface area (TPSA) is 124 Å². The number of ether oxygens (including phenoxy) is 1. The van der Waals surface area contributed by atoms with Crippen LogP contribution in [-0.4, -0.2) is 93.9 Å². The van der Waals surface area contributed by atoms with Crippen molar-refractivity contribution in [2.24, 2.45) is 11.3 Å². The largest absolute Gasteiger partial charge is 0.387 e. The number of morpholine rings is 1. The van der Waals surface area contributed by atoms with Gasteiger partial charge in [0.2, 0.25) is 11.8 Å². The fraction of sp³-hybridized carbons (Fsp3) is 0.800. The maximum absolute atomic E-state index is 13.5. The summed E-state index contributed by atoms with van der Waals surface area (Å²) < 4.78 is 5.50. The summed E-state index contributed by atoms with van der Waals surface area (Å²) in [5.41, 5.74) is -0.628. The summed E-state index contributed by atoms with van der Waals surface area (Å²) in [5, 5.41) is 19.3. The molecule has 10 heteroatoms. The summed E-state index contributed by atoms with van der Waals surface area (Å²) >= 11 is 0. The summed E-state index contributed by atoms with van der Waals surface area (Å²) in [6.45, 7) is 5.93. The van der Waals surface area contributed by atoms with Crippen molar-refractivity contribution in [3.8, 4) is 0 Å². The van der Waals surface area contributed by atoms with Gasteiger partial charge in [0.05, 0.1) is 25.2 Å². The fourth-order valence-corrected chi connectivity index (χ4v) is 5.40. The minimum Gasteiger partial charge on any atom is -0.387 e. The van der Waals surface area contributed by atoms with Crippen LogP contribution >= 0.6 is 0 Å². The summed E-state index contributed by atoms with van der Waals surface area (Å²) in [6.07, 6.45) is 3.38. The Labute approximate surface area is 176 Å². The van der Waals surface area contributed by atoms with Crippen LogP contribution in [0, 0.1) is 18.3 Å². The Morgan fingerprint density at radius 2 is 2.10 bits per heavy atom. The Morgan fingerprint density at radius 1 is 1.30 bits per heavy atom. The first kappa shape index (κ1) is 21.2. The van der Waals surface area contributed by atoms with Crippen molar-refractivity contribution in [1.82, 2.24) is 30.3 Å². The Morgan fingerprint density at radius 3 is 2.80 bits per heavy atom. The second-order valence-electron chi connectivity index (χ2n) is 8.71. The molecule has 0 spiro atoms. The van der Waals surface area contributed by atoms with Gasteiger partial charge in [0, 0.05) is 32.2 Å². The molecule has 1 saturated carbocycles. The number of carbonyl (C=O) groups is 2. The van der Waals surface area contributed by atoms with Crippen LogP contribution in [0.2, 0.25) is 0 Å². The van der Waals surface area contributed by atoms with Crippen molar-refractivity contribution < 1.29 is 19.4 Å². The molecule has 0 unspecified atom stereocenters. The van der Waals surface area contributed by atoms with Crippen molar-refractivity contribution in [2.45, 2.75) is 45.2 Å². The van der Waals surface area contributed by atoms with Gasteiger partial charge in [-0.15, -0.1) is 0 Å². The molecule has 4 rings (SSSR count). The van der Waals surface area contributed by atoms with Crippen molar-refractivity contribution in [1.29, 1.82) is 0 Å². The second kappa shape index (κ2) is 8.99. The quantitative estimate of drug-likeness (QED) is 0.583. The highest BCUT2D eigenvalue weighted by molar-refractivity contribution is 5.85. The van der Waals surface area contributed by atoms with Gasteiger partial charge in [0.25, 0.3) is 0 Å². The Bertz CT molecular complexity index is 764. The lowest BCUT2D eigenvalue weighted by atomic mass is 9.61. The molecule has 1 aromatic heterocycles. The number of nitrogens with zero attached hydrogens (tertiary/aromatic N) is 4. The second-order valence-corrected chi connectivity index (χ2v) is 8.71. The summed E-state index contributed by atoms with van der Waals surface area (Å²) in [4.78, 5) is 34.1. The Hall–Kier alpha value is -2.04. The summed E-state index contributed by atoms with van der Waals surface area (Å²) in [7, 11) is 0. The van der Waals surface area contributed by atoms with Crippen molar-refractivity contribution >= 4 is 11.8 Å². The van der Waals surface area contributed by atoms with E-state index in [9.17, 15) is 14.7 Å². The number of aromatic nitrogens is 3. The van der Waals surface area contributed by atoms with Gasteiger partial charge in [-0.1, -0.05) is 0 Å². The van der Waals surface area contributed by atoms with Gasteiger partial charge in [-0.25, -0.2) is 4.98 Å². The third-order valence-corrected chi connectivity index (χ3v) is 7.04. The number of hydrogen-bond acceptors (Lipinski definition) is 7. The molecule has 30 heavy (non-hydrogen) atoms. The van der Waals surface area contributed by atoms with E-state index < -0.39 is 12.0 Å². The van der Waals surface area contributed by atoms with Gasteiger partial charge >= 0.3 is 0 Å². The first-order valence-electron chi connectivity index (χ1n) is 10.9. The number of amides is 2. The van der Waals surface area contributed by atoms with Crippen molar-refractivity contribution in [3.63, 3.8) is 0 Å². The van der Waals surface area contributed by atoms with E-state index in [-0.39, 0.29) is 24.3 Å². The maximum atomic E-state index is 13.5. The van der Waals surface area contributed by atoms with E-state index in [0.29, 0.717) is 30.8 Å². The van der Waals surface area contributed by atoms with Crippen LogP contribution in [0.5, 0.6) is 0 Å². The van der Waals surface area contributed by atoms with Gasteiger partial charge in [0.15, 0.2) is 5.82 Å². The molecule has 3 aliphatic rings. The highest BCUT2D eigenvalue weighted by atomic mass is 16.5. The molecule has 2 aliphatic heterocycles. The third kappa shape index (κ3) is 4.21. The molecular weight excluding hydrogens is 388 g/mol. The predicted molar refractivity (Wildman–Crippen MR) is 107 cm³/mol. The Balaban J connectivity index is 1.49. The van der Waals surface area contributed by atoms with Gasteiger partial charge in [-0.05, 0) is 38.5 Å². The van der Waals surface area contributed by atoms with Crippen LogP contribution in [-0.2, 0) is 20.9 Å². The zero-order chi connectivity index (χ0) is 21.1. The highest BCUT2D eigenvalue weighted by Crippen LogP contribution is 2.48. The number of aliphatic hydroxyl groups excluding tert-OH is 1. The van der Waals surface area contributed by atoms with Crippen LogP contribution in [0.4, 0.5) is 0 Å². The number of aliphatic hydroxyl groups is 1. The molecule has 0 bridgehead atoms. The minimum absolute atomic E-state index is 0.0363. The number of fused-ring (bicyclic) bond motifs is 1. The maximum Gasteiger partial charge on any atom is 0.248 e. The smallest absolute Gasteiger partial charge is 0.248 e. The zero-order valence-electron chi connectivity index (χ0n) is 17.6. The normalized spacial score (nSPS) is 30.0. The number of nitrogens with one attached hydrogen (secondary N) is 2. The highest BCUT2D eigenvalue weighted by Gasteiger charge is 2.53. The van der Waals surface area contributed by atoms with E-state index in [4.69, 9.17) is 4.74 Å². The van der Waals surface area contributed by atoms with Crippen molar-refractivity contribution in [3.05, 3.63) is 11.6 Å². The zero-order valence-corrected chi connectivity index (χ0v) is 17.6. The average molecular weight is 421 g/mol. The molecule has 1 aliphatic carbocycles. The van der Waals surface area contributed by atoms with E-state index in [0.717, 1.165) is 52.0 Å². The summed E-state index contributed by atoms with van der Waals surface area (Å²) in [6, 6.07) is 0.454. The molecule has 3 heterocycles. The molecular formula is C20H32N6O4. The third-order valence-electron chi connectivity index (χ3n) is 7.04. The number of rotatable bonds is 5. The number of aryl methyl sites for hydroxylation is 1. The predicted octanol–water partition coefficient (Wildman–Crippen LogP) is -0.559. The summed E-state index contributed by atoms with van der Waals surface area (Å²) in [5.74, 6) is 1.12. The van der Waals surface area contributed by atoms with Crippen LogP contribution in [0.1, 0.15) is 37.3 Å². The standard InChI is InChI=1S/C20H32N6O4/c1-14-22-17(24-23-14)11-21-19(29)20-4-2-16(25-6-8-30-9-7-25)10-15(20)3-5-26(13-20)18(28)12-27/h15-16,27H,2-13H2,1H3,(H,21,29)(H,22,23,24)/t15-,16+,20-/m1/s1. The monoisotopic (exact) mass is 420 g/mol. The first-order chi connectivity index (χ1) is 14.5. The van der Waals surface area contributed by atoms with E-state index in [1.54, 1.807) is 4.90 Å². The van der Waals surface area contributed by atoms with Crippen molar-refractivity contribution in [2.75, 3.05) is 46.0 Å². The molecule has 0 aromatic carbocycles. The van der Waals surface area contributed by atoms with Gasteiger partial charge < -0.3 is 20.1 Å². The molecule has 1 aromatic rings. The molecule has 3 N–H and O–H groups in total. The van der Waals surface area contributed by atoms with Crippen LogP contribution < -0.4 is 5.32 Å². The lowest BCUT2D eigenvalue weighted by Gasteiger charge is -2.53. The van der Waals surface area contributed by atoms with Gasteiger partial charge in [-0.2, -0.15) is 5.10 Å². The molecule has 10 nitrogen and oxygen atoms in total. The SMILES string of the molecule is Cc1nc(CNC(=O)[C@@]23CC[C@H](N4CCOCC4)C[C@H]2CCN(C(=O)CO)C3)n[nH]1. The molecule has 2 amide bonds. The van der Waals surface area contributed by atoms with E-state index >= 15 is 0 Å². The van der Waals surface area contributed by atoms with Crippen LogP contribution in [0.3, 0.4) is 0 Å². The molecule has 3 fully saturated rings. The minimum atomic E-state index is -0.628. The van der Waals surface area contributed by atoms with E-state index in [1.165, 1.54) is 0 Å². The first-order valence-corrected chi connectivity index (χ1v) is 10.9. The van der Waals surface area contributed by atoms with Gasteiger partial charge in [-0.3, -0.25) is 19.6 Å². The van der Waals surface area contributed by atoms with E-state index in [2.05, 4.69) is 25.4 Å². The Kier molecular flexibility index (Phi) is 6.35. The lowest BCUT2D eigenvalue weighted by molar-refractivity contribution is -0.152. The van der Waals surface area contributed by atoms with Gasteiger partial charge in [0.1, 0.15) is 12.4 Å². The number of H-pyrrole nitrogens is 1. The molecule has 0 radical (unpaired) electrons. The average Bonchev–Trinajstić information content (AvgIpc) is 3.21. The van der Waals surface area contributed by atoms with E-state index in [1.807, 2.05) is 6.92 Å². The molecule has 2 saturated heterocycles.